The Labute approximate surface area is 128 Å². The van der Waals surface area contributed by atoms with Crippen LogP contribution in [0.3, 0.4) is 0 Å². The van der Waals surface area contributed by atoms with Crippen LogP contribution < -0.4 is 5.32 Å². The van der Waals surface area contributed by atoms with Crippen molar-refractivity contribution in [3.63, 3.8) is 0 Å². The van der Waals surface area contributed by atoms with Gasteiger partial charge in [0, 0.05) is 24.4 Å². The van der Waals surface area contributed by atoms with E-state index < -0.39 is 12.0 Å². The first-order valence-electron chi connectivity index (χ1n) is 6.90. The van der Waals surface area contributed by atoms with Crippen LogP contribution in [0.2, 0.25) is 0 Å². The van der Waals surface area contributed by atoms with Gasteiger partial charge in [-0.1, -0.05) is 44.2 Å². The molecule has 6 heteroatoms. The van der Waals surface area contributed by atoms with Crippen molar-refractivity contribution in [3.05, 3.63) is 41.7 Å². The molecule has 2 N–H and O–H groups in total. The lowest BCUT2D eigenvalue weighted by molar-refractivity contribution is -0.137. The van der Waals surface area contributed by atoms with Crippen LogP contribution in [0.25, 0.3) is 0 Å². The van der Waals surface area contributed by atoms with Gasteiger partial charge in [-0.2, -0.15) is 4.37 Å². The molecule has 0 saturated heterocycles. The van der Waals surface area contributed by atoms with Gasteiger partial charge in [-0.3, -0.25) is 0 Å². The maximum Gasteiger partial charge on any atom is 0.326 e. The Balaban J connectivity index is 2.03. The second-order valence-electron chi connectivity index (χ2n) is 5.34. The number of hydrogen-bond donors (Lipinski definition) is 2. The molecule has 1 aromatic heterocycles. The highest BCUT2D eigenvalue weighted by Gasteiger charge is 2.19. The van der Waals surface area contributed by atoms with Gasteiger partial charge in [0.1, 0.15) is 11.9 Å². The summed E-state index contributed by atoms with van der Waals surface area (Å²) in [5.74, 6) is 0.354. The highest BCUT2D eigenvalue weighted by atomic mass is 32.1. The topological polar surface area (TPSA) is 75.1 Å². The van der Waals surface area contributed by atoms with E-state index in [0.717, 1.165) is 17.8 Å². The summed E-state index contributed by atoms with van der Waals surface area (Å²) in [5.41, 5.74) is 0.976. The lowest BCUT2D eigenvalue weighted by Gasteiger charge is -2.13. The molecule has 1 aromatic carbocycles. The van der Waals surface area contributed by atoms with Crippen molar-refractivity contribution in [2.75, 3.05) is 5.32 Å². The third kappa shape index (κ3) is 4.82. The predicted octanol–water partition coefficient (Wildman–Crippen LogP) is 2.84. The number of nitrogens with one attached hydrogen (secondary N) is 1. The van der Waals surface area contributed by atoms with Crippen molar-refractivity contribution in [3.8, 4) is 0 Å². The van der Waals surface area contributed by atoms with Crippen molar-refractivity contribution < 1.29 is 9.90 Å². The largest absolute Gasteiger partial charge is 0.480 e. The van der Waals surface area contributed by atoms with E-state index in [2.05, 4.69) is 28.5 Å². The molecule has 0 spiro atoms. The Hall–Kier alpha value is -1.95. The zero-order valence-electron chi connectivity index (χ0n) is 12.1. The number of carbonyl (C=O) groups is 1. The highest BCUT2D eigenvalue weighted by Crippen LogP contribution is 2.16. The summed E-state index contributed by atoms with van der Waals surface area (Å²) in [4.78, 5) is 15.7. The molecule has 1 atom stereocenters. The summed E-state index contributed by atoms with van der Waals surface area (Å²) in [6.07, 6.45) is 1.21. The predicted molar refractivity (Wildman–Crippen MR) is 83.6 cm³/mol. The summed E-state index contributed by atoms with van der Waals surface area (Å²) in [6, 6.07) is 8.85. The zero-order valence-corrected chi connectivity index (χ0v) is 12.9. The van der Waals surface area contributed by atoms with Crippen LogP contribution in [0.15, 0.2) is 30.3 Å². The summed E-state index contributed by atoms with van der Waals surface area (Å²) < 4.78 is 4.25. The Bertz CT molecular complexity index is 584. The maximum atomic E-state index is 11.4. The van der Waals surface area contributed by atoms with Gasteiger partial charge in [-0.25, -0.2) is 9.78 Å². The lowest BCUT2D eigenvalue weighted by atomic mass is 10.1. The van der Waals surface area contributed by atoms with Gasteiger partial charge in [0.2, 0.25) is 5.13 Å². The molecule has 0 unspecified atom stereocenters. The Kier molecular flexibility index (Phi) is 5.27. The average Bonchev–Trinajstić information content (AvgIpc) is 2.85. The number of aromatic nitrogens is 2. The molecule has 2 aromatic rings. The minimum Gasteiger partial charge on any atom is -0.480 e. The molecule has 0 aliphatic carbocycles. The van der Waals surface area contributed by atoms with E-state index in [1.54, 1.807) is 0 Å². The second-order valence-corrected chi connectivity index (χ2v) is 6.09. The van der Waals surface area contributed by atoms with E-state index in [-0.39, 0.29) is 0 Å². The standard InChI is InChI=1S/C15H19N3O2S/c1-10(2)8-13-17-15(21-18-13)16-12(14(19)20)9-11-6-4-3-5-7-11/h3-7,10,12H,8-9H2,1-2H3,(H,19,20)(H,16,17,18)/t12-/m1/s1. The minimum absolute atomic E-state index is 0.412. The molecule has 0 fully saturated rings. The van der Waals surface area contributed by atoms with Crippen molar-refractivity contribution in [2.24, 2.45) is 5.92 Å². The van der Waals surface area contributed by atoms with Gasteiger partial charge in [0.05, 0.1) is 0 Å². The van der Waals surface area contributed by atoms with Gasteiger partial charge in [0.15, 0.2) is 0 Å². The van der Waals surface area contributed by atoms with Crippen molar-refractivity contribution in [1.82, 2.24) is 9.36 Å². The van der Waals surface area contributed by atoms with Crippen molar-refractivity contribution in [1.29, 1.82) is 0 Å². The number of nitrogens with zero attached hydrogens (tertiary/aromatic N) is 2. The normalized spacial score (nSPS) is 12.3. The Morgan fingerprint density at radius 2 is 2.00 bits per heavy atom. The first kappa shape index (κ1) is 15.4. The van der Waals surface area contributed by atoms with E-state index in [9.17, 15) is 9.90 Å². The van der Waals surface area contributed by atoms with Crippen molar-refractivity contribution in [2.45, 2.75) is 32.7 Å². The summed E-state index contributed by atoms with van der Waals surface area (Å²) in [5, 5.41) is 12.9. The maximum absolute atomic E-state index is 11.4. The lowest BCUT2D eigenvalue weighted by Crippen LogP contribution is -2.31. The molecular formula is C15H19N3O2S. The molecule has 0 radical (unpaired) electrons. The van der Waals surface area contributed by atoms with E-state index in [1.807, 2.05) is 30.3 Å². The van der Waals surface area contributed by atoms with Crippen LogP contribution in [0.1, 0.15) is 25.2 Å². The quantitative estimate of drug-likeness (QED) is 0.822. The molecule has 1 heterocycles. The fraction of sp³-hybridized carbons (Fsp3) is 0.400. The minimum atomic E-state index is -0.889. The van der Waals surface area contributed by atoms with Crippen molar-refractivity contribution >= 4 is 22.6 Å². The number of aliphatic carboxylic acids is 1. The molecule has 0 aliphatic rings. The number of rotatable bonds is 7. The molecule has 2 rings (SSSR count). The average molecular weight is 305 g/mol. The van der Waals surface area contributed by atoms with Gasteiger partial charge >= 0.3 is 5.97 Å². The summed E-state index contributed by atoms with van der Waals surface area (Å²) in [6.45, 7) is 4.20. The van der Waals surface area contributed by atoms with Crippen LogP contribution in [-0.2, 0) is 17.6 Å². The van der Waals surface area contributed by atoms with E-state index >= 15 is 0 Å². The molecule has 112 valence electrons. The monoisotopic (exact) mass is 305 g/mol. The SMILES string of the molecule is CC(C)Cc1nsc(N[C@H](Cc2ccccc2)C(=O)O)n1. The highest BCUT2D eigenvalue weighted by molar-refractivity contribution is 7.09. The van der Waals surface area contributed by atoms with Crippen LogP contribution in [0.4, 0.5) is 5.13 Å². The van der Waals surface area contributed by atoms with Gasteiger partial charge < -0.3 is 10.4 Å². The van der Waals surface area contributed by atoms with Crippen LogP contribution in [-0.4, -0.2) is 26.5 Å². The summed E-state index contributed by atoms with van der Waals surface area (Å²) in [7, 11) is 0. The number of carboxylic acids is 1. The first-order chi connectivity index (χ1) is 10.0. The van der Waals surface area contributed by atoms with Gasteiger partial charge in [-0.15, -0.1) is 0 Å². The smallest absolute Gasteiger partial charge is 0.326 e. The Morgan fingerprint density at radius 3 is 2.62 bits per heavy atom. The van der Waals surface area contributed by atoms with Crippen LogP contribution in [0.5, 0.6) is 0 Å². The first-order valence-corrected chi connectivity index (χ1v) is 7.67. The number of anilines is 1. The number of benzene rings is 1. The molecule has 21 heavy (non-hydrogen) atoms. The number of carboxylic acid groups (broad SMARTS) is 1. The fourth-order valence-corrected chi connectivity index (χ4v) is 2.61. The van der Waals surface area contributed by atoms with Gasteiger partial charge in [0.25, 0.3) is 0 Å². The third-order valence-corrected chi connectivity index (χ3v) is 3.62. The fourth-order valence-electron chi connectivity index (χ4n) is 1.96. The molecule has 0 amide bonds. The van der Waals surface area contributed by atoms with Crippen LogP contribution >= 0.6 is 11.5 Å². The zero-order chi connectivity index (χ0) is 15.2. The molecule has 0 aliphatic heterocycles. The van der Waals surface area contributed by atoms with E-state index in [1.165, 1.54) is 11.5 Å². The molecule has 5 nitrogen and oxygen atoms in total. The number of hydrogen-bond acceptors (Lipinski definition) is 5. The Morgan fingerprint density at radius 1 is 1.29 bits per heavy atom. The van der Waals surface area contributed by atoms with Crippen LogP contribution in [0, 0.1) is 5.92 Å². The van der Waals surface area contributed by atoms with E-state index in [0.29, 0.717) is 17.5 Å². The second kappa shape index (κ2) is 7.17. The van der Waals surface area contributed by atoms with Gasteiger partial charge in [-0.05, 0) is 11.5 Å². The summed E-state index contributed by atoms with van der Waals surface area (Å²) >= 11 is 1.21. The van der Waals surface area contributed by atoms with E-state index in [4.69, 9.17) is 0 Å². The molecule has 0 bridgehead atoms. The molecular weight excluding hydrogens is 286 g/mol. The third-order valence-electron chi connectivity index (χ3n) is 2.94. The molecule has 0 saturated carbocycles.